The van der Waals surface area contributed by atoms with E-state index in [2.05, 4.69) is 5.92 Å². The van der Waals surface area contributed by atoms with Crippen LogP contribution in [-0.4, -0.2) is 43.0 Å². The fraction of sp³-hybridized carbons (Fsp3) is 0.700. The summed E-state index contributed by atoms with van der Waals surface area (Å²) in [6.07, 6.45) is 4.08. The Labute approximate surface area is 101 Å². The quantitative estimate of drug-likeness (QED) is 0.420. The fourth-order valence-corrected chi connectivity index (χ4v) is 1.56. The monoisotopic (exact) mass is 264 g/mol. The van der Waals surface area contributed by atoms with Gasteiger partial charge in [0.1, 0.15) is 17.5 Å². The second kappa shape index (κ2) is 6.00. The Hall–Kier alpha value is -1.10. The summed E-state index contributed by atoms with van der Waals surface area (Å²) < 4.78 is 39.9. The molecule has 0 heterocycles. The van der Waals surface area contributed by atoms with Crippen molar-refractivity contribution in [2.45, 2.75) is 32.5 Å². The van der Waals surface area contributed by atoms with Gasteiger partial charge in [-0.3, -0.25) is 9.35 Å². The Morgan fingerprint density at radius 1 is 1.53 bits per heavy atom. The minimum Gasteiger partial charge on any atom is -0.459 e. The van der Waals surface area contributed by atoms with Crippen molar-refractivity contribution >= 4 is 16.1 Å². The summed E-state index contributed by atoms with van der Waals surface area (Å²) in [5.41, 5.74) is -0.905. The number of terminal acetylenes is 1. The number of hydrogen-bond donors (Lipinski definition) is 1. The zero-order chi connectivity index (χ0) is 13.7. The zero-order valence-corrected chi connectivity index (χ0v) is 10.8. The van der Waals surface area contributed by atoms with Gasteiger partial charge in [0.15, 0.2) is 0 Å². The molecule has 0 amide bonds. The SMILES string of the molecule is C#CC(C)(C)OCC(CS(=O)(=O)O)OC(C)=O. The van der Waals surface area contributed by atoms with E-state index in [0.29, 0.717) is 0 Å². The van der Waals surface area contributed by atoms with Crippen molar-refractivity contribution in [3.8, 4) is 12.3 Å². The first kappa shape index (κ1) is 15.9. The first-order valence-corrected chi connectivity index (χ1v) is 6.41. The van der Waals surface area contributed by atoms with Crippen molar-refractivity contribution < 1.29 is 27.2 Å². The van der Waals surface area contributed by atoms with E-state index in [4.69, 9.17) is 20.4 Å². The number of carbonyl (C=O) groups is 1. The Bertz CT molecular complexity index is 403. The Balaban J connectivity index is 4.52. The van der Waals surface area contributed by atoms with Crippen LogP contribution in [0.5, 0.6) is 0 Å². The van der Waals surface area contributed by atoms with Gasteiger partial charge in [0.05, 0.1) is 6.61 Å². The largest absolute Gasteiger partial charge is 0.459 e. The van der Waals surface area contributed by atoms with Gasteiger partial charge in [0.2, 0.25) is 0 Å². The molecule has 0 radical (unpaired) electrons. The zero-order valence-electron chi connectivity index (χ0n) is 9.97. The summed E-state index contributed by atoms with van der Waals surface area (Å²) in [5, 5.41) is 0. The molecule has 0 aromatic rings. The molecule has 0 aliphatic carbocycles. The van der Waals surface area contributed by atoms with Gasteiger partial charge in [-0.1, -0.05) is 5.92 Å². The summed E-state index contributed by atoms with van der Waals surface area (Å²) in [4.78, 5) is 10.7. The molecule has 6 nitrogen and oxygen atoms in total. The van der Waals surface area contributed by atoms with Gasteiger partial charge in [-0.25, -0.2) is 0 Å². The molecule has 1 atom stereocenters. The highest BCUT2D eigenvalue weighted by Gasteiger charge is 2.23. The van der Waals surface area contributed by atoms with Crippen molar-refractivity contribution in [1.82, 2.24) is 0 Å². The van der Waals surface area contributed by atoms with E-state index >= 15 is 0 Å². The van der Waals surface area contributed by atoms with Gasteiger partial charge in [-0.15, -0.1) is 6.42 Å². The summed E-state index contributed by atoms with van der Waals surface area (Å²) >= 11 is 0. The predicted molar refractivity (Wildman–Crippen MR) is 60.8 cm³/mol. The molecule has 1 unspecified atom stereocenters. The minimum absolute atomic E-state index is 0.212. The summed E-state index contributed by atoms with van der Waals surface area (Å²) in [5.74, 6) is 0.943. The molecule has 0 aliphatic rings. The van der Waals surface area contributed by atoms with Crippen LogP contribution in [0.2, 0.25) is 0 Å². The first-order valence-electron chi connectivity index (χ1n) is 4.80. The molecule has 0 aromatic heterocycles. The Morgan fingerprint density at radius 3 is 2.41 bits per heavy atom. The molecule has 0 fully saturated rings. The van der Waals surface area contributed by atoms with Crippen molar-refractivity contribution in [3.05, 3.63) is 0 Å². The highest BCUT2D eigenvalue weighted by atomic mass is 32.2. The van der Waals surface area contributed by atoms with Gasteiger partial charge < -0.3 is 9.47 Å². The van der Waals surface area contributed by atoms with Crippen LogP contribution in [0.4, 0.5) is 0 Å². The lowest BCUT2D eigenvalue weighted by molar-refractivity contribution is -0.150. The van der Waals surface area contributed by atoms with Crippen LogP contribution < -0.4 is 0 Å². The molecule has 17 heavy (non-hydrogen) atoms. The Morgan fingerprint density at radius 2 is 2.06 bits per heavy atom. The van der Waals surface area contributed by atoms with Gasteiger partial charge in [0.25, 0.3) is 10.1 Å². The summed E-state index contributed by atoms with van der Waals surface area (Å²) in [6, 6.07) is 0. The Kier molecular flexibility index (Phi) is 5.61. The van der Waals surface area contributed by atoms with Crippen LogP contribution in [0, 0.1) is 12.3 Å². The molecule has 0 bridgehead atoms. The van der Waals surface area contributed by atoms with Gasteiger partial charge in [-0.05, 0) is 13.8 Å². The van der Waals surface area contributed by atoms with Crippen LogP contribution >= 0.6 is 0 Å². The van der Waals surface area contributed by atoms with E-state index < -0.39 is 33.5 Å². The third kappa shape index (κ3) is 8.68. The maximum absolute atomic E-state index is 10.7. The maximum Gasteiger partial charge on any atom is 0.303 e. The van der Waals surface area contributed by atoms with E-state index in [1.165, 1.54) is 0 Å². The highest BCUT2D eigenvalue weighted by molar-refractivity contribution is 7.85. The van der Waals surface area contributed by atoms with Crippen LogP contribution in [0.1, 0.15) is 20.8 Å². The lowest BCUT2D eigenvalue weighted by Gasteiger charge is -2.22. The van der Waals surface area contributed by atoms with Crippen LogP contribution in [0.15, 0.2) is 0 Å². The summed E-state index contributed by atoms with van der Waals surface area (Å²) in [6.45, 7) is 4.12. The molecular formula is C10H16O6S. The highest BCUT2D eigenvalue weighted by Crippen LogP contribution is 2.09. The predicted octanol–water partition coefficient (Wildman–Crippen LogP) is 0.234. The number of esters is 1. The lowest BCUT2D eigenvalue weighted by atomic mass is 10.1. The molecule has 98 valence electrons. The number of ether oxygens (including phenoxy) is 2. The number of rotatable bonds is 6. The van der Waals surface area contributed by atoms with Crippen LogP contribution in [-0.2, 0) is 24.4 Å². The van der Waals surface area contributed by atoms with Crippen molar-refractivity contribution in [1.29, 1.82) is 0 Å². The minimum atomic E-state index is -4.25. The van der Waals surface area contributed by atoms with E-state index in [1.807, 2.05) is 0 Å². The first-order chi connectivity index (χ1) is 7.56. The van der Waals surface area contributed by atoms with Crippen molar-refractivity contribution in [3.63, 3.8) is 0 Å². The standard InChI is InChI=1S/C10H16O6S/c1-5-10(3,4)15-6-9(16-8(2)11)7-17(12,13)14/h1,9H,6-7H2,2-4H3,(H,12,13,14). The topological polar surface area (TPSA) is 89.9 Å². The third-order valence-electron chi connectivity index (χ3n) is 1.71. The molecule has 7 heteroatoms. The molecule has 0 saturated carbocycles. The maximum atomic E-state index is 10.7. The smallest absolute Gasteiger partial charge is 0.303 e. The molecule has 1 N–H and O–H groups in total. The number of hydrogen-bond acceptors (Lipinski definition) is 5. The molecule has 0 spiro atoms. The van der Waals surface area contributed by atoms with Crippen molar-refractivity contribution in [2.24, 2.45) is 0 Å². The molecule has 0 aromatic carbocycles. The second-order valence-electron chi connectivity index (χ2n) is 3.95. The van der Waals surface area contributed by atoms with Gasteiger partial charge in [0, 0.05) is 6.92 Å². The van der Waals surface area contributed by atoms with E-state index in [0.717, 1.165) is 6.92 Å². The van der Waals surface area contributed by atoms with Gasteiger partial charge >= 0.3 is 5.97 Å². The third-order valence-corrected chi connectivity index (χ3v) is 2.50. The van der Waals surface area contributed by atoms with E-state index in [-0.39, 0.29) is 6.61 Å². The number of carbonyl (C=O) groups excluding carboxylic acids is 1. The molecule has 0 saturated heterocycles. The fourth-order valence-electron chi connectivity index (χ4n) is 0.929. The average molecular weight is 264 g/mol. The van der Waals surface area contributed by atoms with Crippen molar-refractivity contribution in [2.75, 3.05) is 12.4 Å². The second-order valence-corrected chi connectivity index (χ2v) is 5.44. The average Bonchev–Trinajstić information content (AvgIpc) is 2.11. The van der Waals surface area contributed by atoms with E-state index in [9.17, 15) is 13.2 Å². The van der Waals surface area contributed by atoms with Crippen LogP contribution in [0.25, 0.3) is 0 Å². The summed E-state index contributed by atoms with van der Waals surface area (Å²) in [7, 11) is -4.25. The normalized spacial score (nSPS) is 13.8. The molecule has 0 rings (SSSR count). The van der Waals surface area contributed by atoms with Gasteiger partial charge in [-0.2, -0.15) is 8.42 Å². The molecule has 0 aliphatic heterocycles. The van der Waals surface area contributed by atoms with E-state index in [1.54, 1.807) is 13.8 Å². The van der Waals surface area contributed by atoms with Crippen LogP contribution in [0.3, 0.4) is 0 Å². The molecular weight excluding hydrogens is 248 g/mol. The lowest BCUT2D eigenvalue weighted by Crippen LogP contribution is -2.34.